The van der Waals surface area contributed by atoms with Crippen molar-refractivity contribution in [2.24, 2.45) is 5.73 Å². The summed E-state index contributed by atoms with van der Waals surface area (Å²) in [7, 11) is 1.80. The van der Waals surface area contributed by atoms with Gasteiger partial charge in [-0.1, -0.05) is 12.8 Å². The lowest BCUT2D eigenvalue weighted by molar-refractivity contribution is -0.124. The van der Waals surface area contributed by atoms with Gasteiger partial charge in [0.05, 0.1) is 18.2 Å². The molecule has 1 saturated heterocycles. The van der Waals surface area contributed by atoms with Gasteiger partial charge in [0.1, 0.15) is 0 Å². The Morgan fingerprint density at radius 2 is 2.20 bits per heavy atom. The van der Waals surface area contributed by atoms with Gasteiger partial charge in [0.25, 0.3) is 0 Å². The van der Waals surface area contributed by atoms with Crippen molar-refractivity contribution >= 4 is 5.91 Å². The van der Waals surface area contributed by atoms with E-state index < -0.39 is 5.54 Å². The number of primary amides is 1. The molecule has 5 heteroatoms. The molecule has 3 N–H and O–H groups in total. The number of amides is 1. The number of rotatable bonds is 6. The maximum absolute atomic E-state index is 11.5. The molecule has 0 aromatic heterocycles. The van der Waals surface area contributed by atoms with Gasteiger partial charge in [-0.15, -0.1) is 0 Å². The maximum Gasteiger partial charge on any atom is 0.237 e. The van der Waals surface area contributed by atoms with Crippen molar-refractivity contribution in [3.05, 3.63) is 0 Å². The van der Waals surface area contributed by atoms with Crippen molar-refractivity contribution in [2.45, 2.75) is 63.1 Å². The van der Waals surface area contributed by atoms with Gasteiger partial charge in [-0.25, -0.2) is 0 Å². The Kier molecular flexibility index (Phi) is 5.41. The molecule has 1 aliphatic carbocycles. The quantitative estimate of drug-likeness (QED) is 0.759. The summed E-state index contributed by atoms with van der Waals surface area (Å²) in [6.07, 6.45) is 7.28. The fourth-order valence-electron chi connectivity index (χ4n) is 3.46. The number of fused-ring (bicyclic) bond motifs is 1. The van der Waals surface area contributed by atoms with E-state index in [0.29, 0.717) is 12.1 Å². The Bertz CT molecular complexity index is 335. The second-order valence-corrected chi connectivity index (χ2v) is 6.35. The highest BCUT2D eigenvalue weighted by Gasteiger charge is 2.34. The van der Waals surface area contributed by atoms with E-state index in [4.69, 9.17) is 10.5 Å². The molecule has 3 atom stereocenters. The number of ether oxygens (including phenoxy) is 1. The first-order valence-corrected chi connectivity index (χ1v) is 7.91. The van der Waals surface area contributed by atoms with Crippen molar-refractivity contribution in [1.82, 2.24) is 10.2 Å². The summed E-state index contributed by atoms with van der Waals surface area (Å²) in [4.78, 5) is 14.0. The van der Waals surface area contributed by atoms with Crippen LogP contribution >= 0.6 is 0 Å². The summed E-state index contributed by atoms with van der Waals surface area (Å²) in [6.45, 7) is 4.79. The zero-order valence-electron chi connectivity index (χ0n) is 12.9. The van der Waals surface area contributed by atoms with Crippen molar-refractivity contribution in [1.29, 1.82) is 0 Å². The van der Waals surface area contributed by atoms with Crippen LogP contribution in [0.2, 0.25) is 0 Å². The molecule has 0 aromatic rings. The minimum atomic E-state index is -0.585. The zero-order chi connectivity index (χ0) is 14.6. The lowest BCUT2D eigenvalue weighted by atomic mass is 9.89. The summed E-state index contributed by atoms with van der Waals surface area (Å²) < 4.78 is 5.89. The molecule has 116 valence electrons. The van der Waals surface area contributed by atoms with Gasteiger partial charge in [-0.3, -0.25) is 9.69 Å². The molecule has 2 fully saturated rings. The van der Waals surface area contributed by atoms with E-state index in [0.717, 1.165) is 32.5 Å². The van der Waals surface area contributed by atoms with E-state index in [9.17, 15) is 4.79 Å². The molecule has 1 aliphatic heterocycles. The highest BCUT2D eigenvalue weighted by atomic mass is 16.5. The Morgan fingerprint density at radius 3 is 2.90 bits per heavy atom. The molecule has 1 amide bonds. The van der Waals surface area contributed by atoms with Crippen LogP contribution in [0.5, 0.6) is 0 Å². The second-order valence-electron chi connectivity index (χ2n) is 6.35. The van der Waals surface area contributed by atoms with Crippen molar-refractivity contribution in [3.8, 4) is 0 Å². The van der Waals surface area contributed by atoms with E-state index in [1.54, 1.807) is 7.05 Å². The first-order valence-electron chi connectivity index (χ1n) is 7.91. The highest BCUT2D eigenvalue weighted by Crippen LogP contribution is 2.28. The topological polar surface area (TPSA) is 67.6 Å². The van der Waals surface area contributed by atoms with Crippen LogP contribution in [0.4, 0.5) is 0 Å². The Hall–Kier alpha value is -0.650. The van der Waals surface area contributed by atoms with Crippen LogP contribution in [0.3, 0.4) is 0 Å². The first-order chi connectivity index (χ1) is 9.57. The van der Waals surface area contributed by atoms with Crippen molar-refractivity contribution in [3.63, 3.8) is 0 Å². The summed E-state index contributed by atoms with van der Waals surface area (Å²) in [5, 5.41) is 3.05. The third kappa shape index (κ3) is 3.51. The van der Waals surface area contributed by atoms with Crippen LogP contribution in [-0.4, -0.2) is 55.2 Å². The summed E-state index contributed by atoms with van der Waals surface area (Å²) in [5.74, 6) is -0.266. The molecule has 3 unspecified atom stereocenters. The maximum atomic E-state index is 11.5. The minimum absolute atomic E-state index is 0.266. The predicted octanol–water partition coefficient (Wildman–Crippen LogP) is 0.873. The number of hydrogen-bond donors (Lipinski definition) is 2. The Labute approximate surface area is 122 Å². The van der Waals surface area contributed by atoms with Crippen LogP contribution in [0.15, 0.2) is 0 Å². The minimum Gasteiger partial charge on any atom is -0.375 e. The van der Waals surface area contributed by atoms with Crippen LogP contribution in [0.1, 0.15) is 45.4 Å². The fourth-order valence-corrected chi connectivity index (χ4v) is 3.46. The number of carbonyl (C=O) groups excluding carboxylic acids is 1. The lowest BCUT2D eigenvalue weighted by Crippen LogP contribution is -2.54. The summed E-state index contributed by atoms with van der Waals surface area (Å²) in [6, 6.07) is 0.590. The number of hydrogen-bond acceptors (Lipinski definition) is 4. The molecular weight excluding hydrogens is 254 g/mol. The summed E-state index contributed by atoms with van der Waals surface area (Å²) >= 11 is 0. The van der Waals surface area contributed by atoms with E-state index in [1.165, 1.54) is 25.7 Å². The zero-order valence-corrected chi connectivity index (χ0v) is 12.9. The smallest absolute Gasteiger partial charge is 0.237 e. The average Bonchev–Trinajstić information content (AvgIpc) is 2.47. The van der Waals surface area contributed by atoms with Crippen LogP contribution in [0.25, 0.3) is 0 Å². The Balaban J connectivity index is 1.82. The fraction of sp³-hybridized carbons (Fsp3) is 0.933. The van der Waals surface area contributed by atoms with Crippen LogP contribution in [0, 0.1) is 0 Å². The third-order valence-corrected chi connectivity index (χ3v) is 5.06. The normalized spacial score (nSPS) is 30.5. The van der Waals surface area contributed by atoms with Crippen molar-refractivity contribution in [2.75, 3.05) is 26.7 Å². The molecule has 2 aliphatic rings. The molecule has 0 aromatic carbocycles. The second kappa shape index (κ2) is 6.87. The molecule has 1 saturated carbocycles. The van der Waals surface area contributed by atoms with Gasteiger partial charge in [-0.05, 0) is 46.2 Å². The summed E-state index contributed by atoms with van der Waals surface area (Å²) in [5.41, 5.74) is 4.89. The number of nitrogens with one attached hydrogen (secondary N) is 1. The van der Waals surface area contributed by atoms with Gasteiger partial charge in [-0.2, -0.15) is 0 Å². The number of likely N-dealkylation sites (N-methyl/N-ethyl adjacent to an activating group) is 1. The van der Waals surface area contributed by atoms with Gasteiger partial charge < -0.3 is 15.8 Å². The average molecular weight is 283 g/mol. The largest absolute Gasteiger partial charge is 0.375 e. The predicted molar refractivity (Wildman–Crippen MR) is 79.5 cm³/mol. The van der Waals surface area contributed by atoms with E-state index in [1.807, 2.05) is 6.92 Å². The molecule has 1 heterocycles. The van der Waals surface area contributed by atoms with E-state index in [2.05, 4.69) is 10.2 Å². The number of morpholine rings is 1. The first kappa shape index (κ1) is 15.7. The lowest BCUT2D eigenvalue weighted by Gasteiger charge is -2.44. The van der Waals surface area contributed by atoms with E-state index in [-0.39, 0.29) is 5.91 Å². The molecule has 20 heavy (non-hydrogen) atoms. The molecular formula is C15H29N3O2. The molecule has 0 radical (unpaired) electrons. The molecule has 0 spiro atoms. The number of nitrogens with two attached hydrogens (primary N) is 1. The monoisotopic (exact) mass is 283 g/mol. The highest BCUT2D eigenvalue weighted by molar-refractivity contribution is 5.84. The molecule has 2 rings (SSSR count). The number of nitrogens with zero attached hydrogens (tertiary/aromatic N) is 1. The van der Waals surface area contributed by atoms with Gasteiger partial charge in [0.15, 0.2) is 0 Å². The molecule has 5 nitrogen and oxygen atoms in total. The van der Waals surface area contributed by atoms with Gasteiger partial charge in [0, 0.05) is 12.6 Å². The van der Waals surface area contributed by atoms with Gasteiger partial charge >= 0.3 is 0 Å². The van der Waals surface area contributed by atoms with Crippen molar-refractivity contribution < 1.29 is 9.53 Å². The van der Waals surface area contributed by atoms with Gasteiger partial charge in [0.2, 0.25) is 5.91 Å². The van der Waals surface area contributed by atoms with Crippen LogP contribution < -0.4 is 11.1 Å². The van der Waals surface area contributed by atoms with Crippen LogP contribution in [-0.2, 0) is 9.53 Å². The Morgan fingerprint density at radius 1 is 1.45 bits per heavy atom. The van der Waals surface area contributed by atoms with E-state index >= 15 is 0 Å². The standard InChI is InChI=1S/C15H29N3O2/c1-15(17-2,14(16)19)8-5-9-18-10-11-20-13-7-4-3-6-12(13)18/h12-13,17H,3-11H2,1-2H3,(H2,16,19). The number of carbonyl (C=O) groups is 1. The SMILES string of the molecule is CNC(C)(CCCN1CCOC2CCCCC21)C(N)=O. The molecule has 0 bridgehead atoms. The third-order valence-electron chi connectivity index (χ3n) is 5.06.